The lowest BCUT2D eigenvalue weighted by atomic mass is 10.2. The van der Waals surface area contributed by atoms with Crippen molar-refractivity contribution in [3.8, 4) is 0 Å². The summed E-state index contributed by atoms with van der Waals surface area (Å²) in [6, 6.07) is 7.70. The summed E-state index contributed by atoms with van der Waals surface area (Å²) in [5, 5.41) is 1.16. The number of ether oxygens (including phenoxy) is 1. The van der Waals surface area contributed by atoms with Gasteiger partial charge in [0.2, 0.25) is 0 Å². The van der Waals surface area contributed by atoms with E-state index >= 15 is 0 Å². The lowest BCUT2D eigenvalue weighted by molar-refractivity contribution is 0.0602. The van der Waals surface area contributed by atoms with Crippen LogP contribution in [-0.2, 0) is 4.74 Å². The van der Waals surface area contributed by atoms with Gasteiger partial charge in [-0.25, -0.2) is 4.79 Å². The Morgan fingerprint density at radius 1 is 1.21 bits per heavy atom. The van der Waals surface area contributed by atoms with Crippen molar-refractivity contribution in [1.29, 1.82) is 0 Å². The van der Waals surface area contributed by atoms with Crippen LogP contribution >= 0.6 is 0 Å². The Morgan fingerprint density at radius 3 is 2.29 bits per heavy atom. The van der Waals surface area contributed by atoms with E-state index < -0.39 is 8.07 Å². The first-order valence-electron chi connectivity index (χ1n) is 4.64. The molecule has 76 valence electrons. The van der Waals surface area contributed by atoms with E-state index in [1.165, 1.54) is 7.11 Å². The second kappa shape index (κ2) is 3.96. The van der Waals surface area contributed by atoms with E-state index in [2.05, 4.69) is 19.6 Å². The average Bonchev–Trinajstić information content (AvgIpc) is 2.15. The van der Waals surface area contributed by atoms with Crippen molar-refractivity contribution in [3.63, 3.8) is 0 Å². The second-order valence-corrected chi connectivity index (χ2v) is 9.33. The Balaban J connectivity index is 3.23. The molecule has 0 aliphatic rings. The molecule has 0 aliphatic heterocycles. The van der Waals surface area contributed by atoms with E-state index in [1.807, 2.05) is 24.3 Å². The molecule has 0 radical (unpaired) electrons. The third-order valence-corrected chi connectivity index (χ3v) is 4.19. The Morgan fingerprint density at radius 2 is 1.79 bits per heavy atom. The third-order valence-electron chi connectivity index (χ3n) is 2.14. The van der Waals surface area contributed by atoms with Gasteiger partial charge in [0.05, 0.1) is 20.7 Å². The first-order valence-corrected chi connectivity index (χ1v) is 8.14. The molecular formula is C11H16O2Si. The van der Waals surface area contributed by atoms with E-state index in [0.29, 0.717) is 5.56 Å². The van der Waals surface area contributed by atoms with Crippen LogP contribution < -0.4 is 5.19 Å². The number of hydrogen-bond donors (Lipinski definition) is 0. The summed E-state index contributed by atoms with van der Waals surface area (Å²) >= 11 is 0. The van der Waals surface area contributed by atoms with Crippen LogP contribution in [-0.4, -0.2) is 21.2 Å². The molecule has 0 saturated carbocycles. The molecule has 0 atom stereocenters. The highest BCUT2D eigenvalue weighted by Crippen LogP contribution is 2.08. The summed E-state index contributed by atoms with van der Waals surface area (Å²) in [4.78, 5) is 11.5. The van der Waals surface area contributed by atoms with E-state index in [-0.39, 0.29) is 5.97 Å². The number of rotatable bonds is 2. The van der Waals surface area contributed by atoms with Crippen molar-refractivity contribution in [1.82, 2.24) is 0 Å². The molecule has 0 heterocycles. The van der Waals surface area contributed by atoms with Crippen molar-refractivity contribution < 1.29 is 9.53 Å². The zero-order chi connectivity index (χ0) is 10.8. The molecule has 0 spiro atoms. The van der Waals surface area contributed by atoms with Gasteiger partial charge >= 0.3 is 5.97 Å². The maximum Gasteiger partial charge on any atom is 0.337 e. The van der Waals surface area contributed by atoms with Gasteiger partial charge in [-0.1, -0.05) is 37.8 Å². The summed E-state index contributed by atoms with van der Waals surface area (Å²) in [6.45, 7) is 6.65. The molecule has 0 fully saturated rings. The molecule has 1 rings (SSSR count). The van der Waals surface area contributed by atoms with Gasteiger partial charge in [0.25, 0.3) is 0 Å². The monoisotopic (exact) mass is 208 g/mol. The number of benzene rings is 1. The lowest BCUT2D eigenvalue weighted by Crippen LogP contribution is -2.41. The number of carbonyl (C=O) groups is 1. The number of hydrogen-bond acceptors (Lipinski definition) is 2. The lowest BCUT2D eigenvalue weighted by Gasteiger charge is -2.19. The zero-order valence-corrected chi connectivity index (χ0v) is 10.1. The molecule has 0 aliphatic carbocycles. The van der Waals surface area contributed by atoms with Crippen LogP contribution in [0.3, 0.4) is 0 Å². The minimum Gasteiger partial charge on any atom is -0.465 e. The normalized spacial score (nSPS) is 11.1. The number of methoxy groups -OCH3 is 1. The molecule has 0 unspecified atom stereocenters. The summed E-state index contributed by atoms with van der Waals surface area (Å²) in [5.74, 6) is -0.233. The smallest absolute Gasteiger partial charge is 0.337 e. The standard InChI is InChI=1S/C11H16O2Si/c1-13-11(12)9-7-5-6-8-10(9)14(2,3)4/h5-8H,1-4H3. The Bertz CT molecular complexity index is 339. The van der Waals surface area contributed by atoms with Crippen molar-refractivity contribution in [2.45, 2.75) is 19.6 Å². The van der Waals surface area contributed by atoms with Crippen LogP contribution in [0.5, 0.6) is 0 Å². The van der Waals surface area contributed by atoms with Gasteiger partial charge in [-0.3, -0.25) is 0 Å². The van der Waals surface area contributed by atoms with Crippen LogP contribution in [0.2, 0.25) is 19.6 Å². The van der Waals surface area contributed by atoms with E-state index in [0.717, 1.165) is 5.19 Å². The molecule has 0 amide bonds. The van der Waals surface area contributed by atoms with Crippen molar-refractivity contribution in [3.05, 3.63) is 29.8 Å². The maximum absolute atomic E-state index is 11.5. The van der Waals surface area contributed by atoms with Crippen LogP contribution in [0, 0.1) is 0 Å². The summed E-state index contributed by atoms with van der Waals surface area (Å²) in [5.41, 5.74) is 0.717. The molecule has 0 saturated heterocycles. The fraction of sp³-hybridized carbons (Fsp3) is 0.364. The van der Waals surface area contributed by atoms with Crippen molar-refractivity contribution in [2.75, 3.05) is 7.11 Å². The molecule has 1 aromatic rings. The average molecular weight is 208 g/mol. The van der Waals surface area contributed by atoms with Crippen LogP contribution in [0.25, 0.3) is 0 Å². The van der Waals surface area contributed by atoms with Gasteiger partial charge in [-0.15, -0.1) is 0 Å². The molecule has 1 aromatic carbocycles. The first kappa shape index (κ1) is 11.0. The van der Waals surface area contributed by atoms with Gasteiger partial charge in [-0.05, 0) is 11.3 Å². The minimum absolute atomic E-state index is 0.233. The van der Waals surface area contributed by atoms with E-state index in [4.69, 9.17) is 4.74 Å². The summed E-state index contributed by atoms with van der Waals surface area (Å²) in [7, 11) is -0.0378. The van der Waals surface area contributed by atoms with Crippen molar-refractivity contribution in [2.24, 2.45) is 0 Å². The van der Waals surface area contributed by atoms with E-state index in [9.17, 15) is 4.79 Å². The minimum atomic E-state index is -1.46. The molecule has 0 aromatic heterocycles. The largest absolute Gasteiger partial charge is 0.465 e. The SMILES string of the molecule is COC(=O)c1ccccc1[Si](C)(C)C. The fourth-order valence-corrected chi connectivity index (χ4v) is 3.01. The molecule has 3 heteroatoms. The third kappa shape index (κ3) is 2.23. The fourth-order valence-electron chi connectivity index (χ4n) is 1.43. The highest BCUT2D eigenvalue weighted by Gasteiger charge is 2.22. The highest BCUT2D eigenvalue weighted by molar-refractivity contribution is 6.89. The van der Waals surface area contributed by atoms with Crippen LogP contribution in [0.4, 0.5) is 0 Å². The van der Waals surface area contributed by atoms with E-state index in [1.54, 1.807) is 0 Å². The zero-order valence-electron chi connectivity index (χ0n) is 9.13. The maximum atomic E-state index is 11.5. The molecule has 2 nitrogen and oxygen atoms in total. The number of esters is 1. The molecular weight excluding hydrogens is 192 g/mol. The van der Waals surface area contributed by atoms with Gasteiger partial charge in [0.15, 0.2) is 0 Å². The van der Waals surface area contributed by atoms with Gasteiger partial charge in [-0.2, -0.15) is 0 Å². The van der Waals surface area contributed by atoms with Crippen molar-refractivity contribution >= 4 is 19.2 Å². The quantitative estimate of drug-likeness (QED) is 0.549. The van der Waals surface area contributed by atoms with Gasteiger partial charge < -0.3 is 4.74 Å². The Labute approximate surface area is 85.9 Å². The van der Waals surface area contributed by atoms with Crippen LogP contribution in [0.1, 0.15) is 10.4 Å². The number of carbonyl (C=O) groups excluding carboxylic acids is 1. The van der Waals surface area contributed by atoms with Gasteiger partial charge in [0, 0.05) is 0 Å². The summed E-state index contributed by atoms with van der Waals surface area (Å²) < 4.78 is 4.76. The highest BCUT2D eigenvalue weighted by atomic mass is 28.3. The van der Waals surface area contributed by atoms with Gasteiger partial charge in [0.1, 0.15) is 0 Å². The topological polar surface area (TPSA) is 26.3 Å². The van der Waals surface area contributed by atoms with Crippen LogP contribution in [0.15, 0.2) is 24.3 Å². The molecule has 14 heavy (non-hydrogen) atoms. The molecule has 0 N–H and O–H groups in total. The Kier molecular flexibility index (Phi) is 3.11. The predicted molar refractivity (Wildman–Crippen MR) is 60.8 cm³/mol. The Hall–Kier alpha value is -1.09. The predicted octanol–water partition coefficient (Wildman–Crippen LogP) is 2.02. The second-order valence-electron chi connectivity index (χ2n) is 4.29. The molecule has 0 bridgehead atoms. The first-order chi connectivity index (χ1) is 6.46. The summed E-state index contributed by atoms with van der Waals surface area (Å²) in [6.07, 6.45) is 0.